The standard InChI is InChI=1S/C60H105NO5/c1-4-7-10-13-16-19-22-25-27-29-31-33-35-38-41-44-47-50-53-60(65)66-56(51-48-45-42-39-36-24-21-18-15-12-9-6-3)54-59(64)61-57(55-62)58(63)52-49-46-43-40-37-34-32-30-28-26-23-20-17-14-11-8-5-2/h9-10,12-13,16,18-19,21-22,25,27,29,31,33,56-58,62-63H,4-8,11,14-15,17,20,23-24,26,28,30,32,34-55H2,1-3H3,(H,61,64)/b12-9+,13-10+,19-16+,21-18+,25-22+,29-27+,33-31+. The fourth-order valence-corrected chi connectivity index (χ4v) is 8.15. The van der Waals surface area contributed by atoms with Crippen LogP contribution in [-0.2, 0) is 14.3 Å². The second-order valence-electron chi connectivity index (χ2n) is 18.7. The third kappa shape index (κ3) is 47.5. The minimum absolute atomic E-state index is 0.0537. The number of nitrogens with one attached hydrogen (secondary N) is 1. The summed E-state index contributed by atoms with van der Waals surface area (Å²) in [6.07, 6.45) is 69.3. The van der Waals surface area contributed by atoms with Gasteiger partial charge in [0.1, 0.15) is 6.10 Å². The highest BCUT2D eigenvalue weighted by molar-refractivity contribution is 5.77. The Balaban J connectivity index is 4.57. The van der Waals surface area contributed by atoms with Crippen LogP contribution < -0.4 is 5.32 Å². The maximum Gasteiger partial charge on any atom is 0.306 e. The zero-order chi connectivity index (χ0) is 48.1. The molecule has 0 saturated heterocycles. The first-order valence-corrected chi connectivity index (χ1v) is 27.9. The Bertz CT molecular complexity index is 1260. The fourth-order valence-electron chi connectivity index (χ4n) is 8.15. The lowest BCUT2D eigenvalue weighted by Crippen LogP contribution is -2.46. The van der Waals surface area contributed by atoms with Crippen molar-refractivity contribution in [1.29, 1.82) is 0 Å². The van der Waals surface area contributed by atoms with Gasteiger partial charge < -0.3 is 20.3 Å². The third-order valence-electron chi connectivity index (χ3n) is 12.3. The van der Waals surface area contributed by atoms with Crippen LogP contribution >= 0.6 is 0 Å². The summed E-state index contributed by atoms with van der Waals surface area (Å²) in [4.78, 5) is 26.2. The second kappa shape index (κ2) is 53.0. The number of aliphatic hydroxyl groups is 2. The van der Waals surface area contributed by atoms with E-state index < -0.39 is 18.2 Å². The van der Waals surface area contributed by atoms with Gasteiger partial charge in [0, 0.05) is 6.42 Å². The Morgan fingerprint density at radius 3 is 1.42 bits per heavy atom. The first-order chi connectivity index (χ1) is 32.5. The van der Waals surface area contributed by atoms with Gasteiger partial charge in [0.15, 0.2) is 0 Å². The Morgan fingerprint density at radius 2 is 0.909 bits per heavy atom. The molecule has 0 aliphatic heterocycles. The molecule has 3 N–H and O–H groups in total. The molecule has 0 aromatic carbocycles. The van der Waals surface area contributed by atoms with E-state index in [-0.39, 0.29) is 24.9 Å². The van der Waals surface area contributed by atoms with E-state index in [1.165, 1.54) is 103 Å². The predicted octanol–water partition coefficient (Wildman–Crippen LogP) is 17.1. The summed E-state index contributed by atoms with van der Waals surface area (Å²) in [6.45, 7) is 6.29. The minimum atomic E-state index is -0.801. The van der Waals surface area contributed by atoms with Crippen LogP contribution in [0.15, 0.2) is 85.1 Å². The molecule has 3 atom stereocenters. The summed E-state index contributed by atoms with van der Waals surface area (Å²) in [5.41, 5.74) is 0. The quantitative estimate of drug-likeness (QED) is 0.0245. The summed E-state index contributed by atoms with van der Waals surface area (Å²) in [7, 11) is 0. The summed E-state index contributed by atoms with van der Waals surface area (Å²) in [5, 5.41) is 23.9. The van der Waals surface area contributed by atoms with Crippen LogP contribution in [0, 0.1) is 0 Å². The number of carbonyl (C=O) groups is 2. The highest BCUT2D eigenvalue weighted by Crippen LogP contribution is 2.18. The second-order valence-corrected chi connectivity index (χ2v) is 18.7. The van der Waals surface area contributed by atoms with Gasteiger partial charge >= 0.3 is 5.97 Å². The van der Waals surface area contributed by atoms with E-state index in [0.717, 1.165) is 109 Å². The van der Waals surface area contributed by atoms with Crippen molar-refractivity contribution in [2.45, 2.75) is 277 Å². The molecular formula is C60H105NO5. The Kier molecular flexibility index (Phi) is 50.6. The zero-order valence-electron chi connectivity index (χ0n) is 43.3. The number of hydrogen-bond acceptors (Lipinski definition) is 5. The van der Waals surface area contributed by atoms with E-state index in [1.54, 1.807) is 0 Å². The number of hydrogen-bond donors (Lipinski definition) is 3. The third-order valence-corrected chi connectivity index (χ3v) is 12.3. The number of aliphatic hydroxyl groups excluding tert-OH is 2. The van der Waals surface area contributed by atoms with E-state index in [4.69, 9.17) is 4.74 Å². The predicted molar refractivity (Wildman–Crippen MR) is 287 cm³/mol. The smallest absolute Gasteiger partial charge is 0.306 e. The van der Waals surface area contributed by atoms with Crippen molar-refractivity contribution in [2.24, 2.45) is 0 Å². The number of carbonyl (C=O) groups excluding carboxylic acids is 2. The van der Waals surface area contributed by atoms with Crippen molar-refractivity contribution in [3.63, 3.8) is 0 Å². The van der Waals surface area contributed by atoms with Crippen molar-refractivity contribution in [1.82, 2.24) is 5.32 Å². The number of amides is 1. The molecule has 6 heteroatoms. The number of unbranched alkanes of at least 4 members (excludes halogenated alkanes) is 27. The molecule has 6 nitrogen and oxygen atoms in total. The van der Waals surface area contributed by atoms with E-state index >= 15 is 0 Å². The van der Waals surface area contributed by atoms with Gasteiger partial charge in [0.25, 0.3) is 0 Å². The van der Waals surface area contributed by atoms with Gasteiger partial charge in [0.2, 0.25) is 5.91 Å². The van der Waals surface area contributed by atoms with E-state index in [0.29, 0.717) is 19.3 Å². The zero-order valence-corrected chi connectivity index (χ0v) is 43.3. The van der Waals surface area contributed by atoms with Crippen molar-refractivity contribution in [2.75, 3.05) is 6.61 Å². The SMILES string of the molecule is CC/C=C/C/C=C/CCCCCCCC(CC(=O)NC(CO)C(O)CCCCCCCCCCCCCCCCCCC)OC(=O)CCCCCCC/C=C/C=C/C=C/C=C/C=C/CCC. The van der Waals surface area contributed by atoms with E-state index in [2.05, 4.69) is 86.8 Å². The molecule has 0 rings (SSSR count). The van der Waals surface area contributed by atoms with Crippen LogP contribution in [0.5, 0.6) is 0 Å². The van der Waals surface area contributed by atoms with Gasteiger partial charge in [0.05, 0.1) is 25.2 Å². The van der Waals surface area contributed by atoms with Gasteiger partial charge in [-0.2, -0.15) is 0 Å². The van der Waals surface area contributed by atoms with Gasteiger partial charge in [-0.1, -0.05) is 260 Å². The molecule has 0 spiro atoms. The van der Waals surface area contributed by atoms with Crippen LogP contribution in [0.4, 0.5) is 0 Å². The highest BCUT2D eigenvalue weighted by atomic mass is 16.5. The minimum Gasteiger partial charge on any atom is -0.462 e. The fraction of sp³-hybridized carbons (Fsp3) is 0.733. The molecule has 0 aromatic rings. The van der Waals surface area contributed by atoms with Crippen molar-refractivity contribution >= 4 is 11.9 Å². The highest BCUT2D eigenvalue weighted by Gasteiger charge is 2.24. The maximum absolute atomic E-state index is 13.2. The molecule has 0 heterocycles. The summed E-state index contributed by atoms with van der Waals surface area (Å²) >= 11 is 0. The summed E-state index contributed by atoms with van der Waals surface area (Å²) < 4.78 is 5.93. The van der Waals surface area contributed by atoms with Gasteiger partial charge in [-0.25, -0.2) is 0 Å². The molecule has 0 fully saturated rings. The monoisotopic (exact) mass is 920 g/mol. The van der Waals surface area contributed by atoms with Crippen molar-refractivity contribution in [3.05, 3.63) is 85.1 Å². The van der Waals surface area contributed by atoms with Crippen LogP contribution in [0.25, 0.3) is 0 Å². The van der Waals surface area contributed by atoms with Gasteiger partial charge in [-0.15, -0.1) is 0 Å². The van der Waals surface area contributed by atoms with E-state index in [9.17, 15) is 19.8 Å². The molecule has 0 radical (unpaired) electrons. The molecule has 0 saturated carbocycles. The average molecular weight is 921 g/mol. The van der Waals surface area contributed by atoms with Gasteiger partial charge in [-0.3, -0.25) is 9.59 Å². The van der Waals surface area contributed by atoms with Crippen LogP contribution in [0.3, 0.4) is 0 Å². The van der Waals surface area contributed by atoms with Crippen LogP contribution in [0.2, 0.25) is 0 Å². The number of allylic oxidation sites excluding steroid dienone is 14. The first-order valence-electron chi connectivity index (χ1n) is 27.9. The summed E-state index contributed by atoms with van der Waals surface area (Å²) in [5.74, 6) is -0.518. The molecule has 380 valence electrons. The molecular weight excluding hydrogens is 815 g/mol. The lowest BCUT2D eigenvalue weighted by atomic mass is 10.0. The largest absolute Gasteiger partial charge is 0.462 e. The summed E-state index contributed by atoms with van der Waals surface area (Å²) in [6, 6.07) is -0.717. The lowest BCUT2D eigenvalue weighted by molar-refractivity contribution is -0.151. The van der Waals surface area contributed by atoms with E-state index in [1.807, 2.05) is 24.3 Å². The number of esters is 1. The normalized spacial score (nSPS) is 13.8. The number of rotatable bonds is 49. The Hall–Kier alpha value is -2.96. The van der Waals surface area contributed by atoms with Gasteiger partial charge in [-0.05, 0) is 70.6 Å². The Morgan fingerprint density at radius 1 is 0.470 bits per heavy atom. The molecule has 66 heavy (non-hydrogen) atoms. The van der Waals surface area contributed by atoms with Crippen molar-refractivity contribution in [3.8, 4) is 0 Å². The molecule has 0 aliphatic rings. The molecule has 0 bridgehead atoms. The molecule has 1 amide bonds. The van der Waals surface area contributed by atoms with Crippen LogP contribution in [-0.4, -0.2) is 46.9 Å². The van der Waals surface area contributed by atoms with Crippen molar-refractivity contribution < 1.29 is 24.5 Å². The number of ether oxygens (including phenoxy) is 1. The maximum atomic E-state index is 13.2. The first kappa shape index (κ1) is 63.0. The van der Waals surface area contributed by atoms with Crippen LogP contribution in [0.1, 0.15) is 258 Å². The Labute approximate surface area is 408 Å². The topological polar surface area (TPSA) is 95.9 Å². The molecule has 0 aliphatic carbocycles. The molecule has 0 aromatic heterocycles. The molecule has 3 unspecified atom stereocenters. The lowest BCUT2D eigenvalue weighted by Gasteiger charge is -2.24. The average Bonchev–Trinajstić information content (AvgIpc) is 3.31.